The van der Waals surface area contributed by atoms with Gasteiger partial charge in [0.15, 0.2) is 5.16 Å². The highest BCUT2D eigenvalue weighted by atomic mass is 32.2. The second-order valence-electron chi connectivity index (χ2n) is 5.75. The van der Waals surface area contributed by atoms with Gasteiger partial charge >= 0.3 is 0 Å². The zero-order chi connectivity index (χ0) is 16.0. The van der Waals surface area contributed by atoms with Crippen molar-refractivity contribution in [3.8, 4) is 11.5 Å². The Morgan fingerprint density at radius 2 is 1.96 bits per heavy atom. The minimum Gasteiger partial charge on any atom is -0.466 e. The minimum atomic E-state index is 0.495. The van der Waals surface area contributed by atoms with Gasteiger partial charge in [-0.3, -0.25) is 0 Å². The number of aryl methyl sites for hydroxylation is 3. The predicted octanol–water partition coefficient (Wildman–Crippen LogP) is 3.47. The Morgan fingerprint density at radius 3 is 2.65 bits per heavy atom. The SMILES string of the molecule is Cc1cc(-c2nnc(CSc3nnc(C)n3C3CC3)o2)c(C)o1. The molecule has 3 heterocycles. The van der Waals surface area contributed by atoms with Crippen molar-refractivity contribution < 1.29 is 8.83 Å². The summed E-state index contributed by atoms with van der Waals surface area (Å²) in [6, 6.07) is 2.47. The average Bonchev–Trinajstić information content (AvgIpc) is 2.96. The first-order chi connectivity index (χ1) is 11.1. The molecule has 7 nitrogen and oxygen atoms in total. The topological polar surface area (TPSA) is 82.8 Å². The highest BCUT2D eigenvalue weighted by Gasteiger charge is 2.28. The lowest BCUT2D eigenvalue weighted by Gasteiger charge is -2.04. The van der Waals surface area contributed by atoms with Crippen LogP contribution in [0, 0.1) is 20.8 Å². The molecule has 3 aromatic heterocycles. The van der Waals surface area contributed by atoms with Gasteiger partial charge in [-0.15, -0.1) is 20.4 Å². The largest absolute Gasteiger partial charge is 0.466 e. The van der Waals surface area contributed by atoms with Gasteiger partial charge in [-0.1, -0.05) is 11.8 Å². The molecule has 0 amide bonds. The van der Waals surface area contributed by atoms with Crippen LogP contribution in [0.15, 0.2) is 20.1 Å². The van der Waals surface area contributed by atoms with Gasteiger partial charge < -0.3 is 13.4 Å². The van der Waals surface area contributed by atoms with Crippen molar-refractivity contribution in [2.75, 3.05) is 0 Å². The van der Waals surface area contributed by atoms with Gasteiger partial charge in [-0.2, -0.15) is 0 Å². The van der Waals surface area contributed by atoms with Crippen molar-refractivity contribution in [1.82, 2.24) is 25.0 Å². The van der Waals surface area contributed by atoms with Gasteiger partial charge in [0, 0.05) is 6.04 Å². The summed E-state index contributed by atoms with van der Waals surface area (Å²) in [4.78, 5) is 0. The summed E-state index contributed by atoms with van der Waals surface area (Å²) in [7, 11) is 0. The number of nitrogens with zero attached hydrogens (tertiary/aromatic N) is 5. The van der Waals surface area contributed by atoms with E-state index in [1.165, 1.54) is 12.8 Å². The second kappa shape index (κ2) is 5.52. The maximum atomic E-state index is 5.75. The Balaban J connectivity index is 1.49. The van der Waals surface area contributed by atoms with E-state index in [1.807, 2.05) is 26.8 Å². The van der Waals surface area contributed by atoms with Crippen LogP contribution in [0.25, 0.3) is 11.5 Å². The molecule has 0 atom stereocenters. The van der Waals surface area contributed by atoms with E-state index in [2.05, 4.69) is 25.0 Å². The van der Waals surface area contributed by atoms with Crippen LogP contribution >= 0.6 is 11.8 Å². The van der Waals surface area contributed by atoms with E-state index >= 15 is 0 Å². The highest BCUT2D eigenvalue weighted by molar-refractivity contribution is 7.98. The van der Waals surface area contributed by atoms with E-state index in [-0.39, 0.29) is 0 Å². The number of aromatic nitrogens is 5. The Bertz CT molecular complexity index is 846. The van der Waals surface area contributed by atoms with Crippen LogP contribution < -0.4 is 0 Å². The Hall–Kier alpha value is -2.09. The molecule has 0 radical (unpaired) electrons. The third-order valence-electron chi connectivity index (χ3n) is 3.81. The number of hydrogen-bond donors (Lipinski definition) is 0. The molecule has 0 spiro atoms. The molecule has 8 heteroatoms. The first-order valence-corrected chi connectivity index (χ1v) is 8.54. The number of furan rings is 1. The number of hydrogen-bond acceptors (Lipinski definition) is 7. The molecule has 120 valence electrons. The zero-order valence-corrected chi connectivity index (χ0v) is 14.1. The van der Waals surface area contributed by atoms with Crippen LogP contribution in [-0.4, -0.2) is 25.0 Å². The molecule has 0 unspecified atom stereocenters. The monoisotopic (exact) mass is 331 g/mol. The van der Waals surface area contributed by atoms with Crippen molar-refractivity contribution in [1.29, 1.82) is 0 Å². The molecule has 0 aromatic carbocycles. The average molecular weight is 331 g/mol. The van der Waals surface area contributed by atoms with Crippen LogP contribution in [-0.2, 0) is 5.75 Å². The summed E-state index contributed by atoms with van der Waals surface area (Å²) < 4.78 is 13.5. The van der Waals surface area contributed by atoms with Crippen LogP contribution in [0.1, 0.15) is 42.1 Å². The van der Waals surface area contributed by atoms with Gasteiger partial charge in [0.25, 0.3) is 5.89 Å². The lowest BCUT2D eigenvalue weighted by atomic mass is 10.2. The fourth-order valence-corrected chi connectivity index (χ4v) is 3.48. The van der Waals surface area contributed by atoms with E-state index in [0.717, 1.165) is 28.1 Å². The smallest absolute Gasteiger partial charge is 0.251 e. The Kier molecular flexibility index (Phi) is 3.48. The Labute approximate surface area is 137 Å². The van der Waals surface area contributed by atoms with E-state index in [1.54, 1.807) is 11.8 Å². The summed E-state index contributed by atoms with van der Waals surface area (Å²) in [5, 5.41) is 17.6. The molecule has 1 saturated carbocycles. The molecule has 0 aliphatic heterocycles. The third-order valence-corrected chi connectivity index (χ3v) is 4.74. The van der Waals surface area contributed by atoms with E-state index in [0.29, 0.717) is 23.6 Å². The minimum absolute atomic E-state index is 0.495. The molecular weight excluding hydrogens is 314 g/mol. The molecule has 0 bridgehead atoms. The lowest BCUT2D eigenvalue weighted by molar-refractivity contribution is 0.499. The summed E-state index contributed by atoms with van der Waals surface area (Å²) >= 11 is 1.58. The maximum Gasteiger partial charge on any atom is 0.251 e. The molecule has 0 N–H and O–H groups in total. The molecule has 1 aliphatic carbocycles. The van der Waals surface area contributed by atoms with Crippen molar-refractivity contribution >= 4 is 11.8 Å². The molecule has 1 fully saturated rings. The van der Waals surface area contributed by atoms with Gasteiger partial charge in [0.1, 0.15) is 17.3 Å². The summed E-state index contributed by atoms with van der Waals surface area (Å²) in [5.41, 5.74) is 0.850. The van der Waals surface area contributed by atoms with Crippen LogP contribution in [0.5, 0.6) is 0 Å². The van der Waals surface area contributed by atoms with E-state index < -0.39 is 0 Å². The van der Waals surface area contributed by atoms with Crippen LogP contribution in [0.3, 0.4) is 0 Å². The Morgan fingerprint density at radius 1 is 1.13 bits per heavy atom. The van der Waals surface area contributed by atoms with Gasteiger partial charge in [0.2, 0.25) is 5.89 Å². The number of thioether (sulfide) groups is 1. The molecular formula is C15H17N5O2S. The molecule has 1 aliphatic rings. The standard InChI is InChI=1S/C15H17N5O2S/c1-8-6-12(9(2)21-8)14-18-17-13(22-14)7-23-15-19-16-10(3)20(15)11-4-5-11/h6,11H,4-5,7H2,1-3H3. The normalized spacial score (nSPS) is 14.6. The second-order valence-corrected chi connectivity index (χ2v) is 6.69. The third kappa shape index (κ3) is 2.78. The summed E-state index contributed by atoms with van der Waals surface area (Å²) in [6.45, 7) is 5.78. The first-order valence-electron chi connectivity index (χ1n) is 7.56. The van der Waals surface area contributed by atoms with Crippen molar-refractivity contribution in [2.24, 2.45) is 0 Å². The van der Waals surface area contributed by atoms with E-state index in [9.17, 15) is 0 Å². The van der Waals surface area contributed by atoms with Gasteiger partial charge in [-0.25, -0.2) is 0 Å². The molecule has 3 aromatic rings. The quantitative estimate of drug-likeness (QED) is 0.662. The molecule has 23 heavy (non-hydrogen) atoms. The van der Waals surface area contributed by atoms with Crippen LogP contribution in [0.4, 0.5) is 0 Å². The lowest BCUT2D eigenvalue weighted by Crippen LogP contribution is -1.99. The van der Waals surface area contributed by atoms with E-state index in [4.69, 9.17) is 8.83 Å². The van der Waals surface area contributed by atoms with Crippen molar-refractivity contribution in [3.63, 3.8) is 0 Å². The highest BCUT2D eigenvalue weighted by Crippen LogP contribution is 2.39. The predicted molar refractivity (Wildman–Crippen MR) is 84.1 cm³/mol. The molecule has 0 saturated heterocycles. The molecule has 4 rings (SSSR count). The van der Waals surface area contributed by atoms with Crippen molar-refractivity contribution in [2.45, 2.75) is 50.6 Å². The number of rotatable bonds is 5. The van der Waals surface area contributed by atoms with Gasteiger partial charge in [-0.05, 0) is 39.7 Å². The maximum absolute atomic E-state index is 5.75. The summed E-state index contributed by atoms with van der Waals surface area (Å²) in [5.74, 6) is 4.23. The van der Waals surface area contributed by atoms with Gasteiger partial charge in [0.05, 0.1) is 11.3 Å². The van der Waals surface area contributed by atoms with Crippen molar-refractivity contribution in [3.05, 3.63) is 29.3 Å². The zero-order valence-electron chi connectivity index (χ0n) is 13.2. The summed E-state index contributed by atoms with van der Waals surface area (Å²) in [6.07, 6.45) is 2.41. The fraction of sp³-hybridized carbons (Fsp3) is 0.467. The fourth-order valence-electron chi connectivity index (χ4n) is 2.59. The van der Waals surface area contributed by atoms with Crippen LogP contribution in [0.2, 0.25) is 0 Å². The first kappa shape index (κ1) is 14.5.